The summed E-state index contributed by atoms with van der Waals surface area (Å²) < 4.78 is 5.09. The highest BCUT2D eigenvalue weighted by Crippen LogP contribution is 2.25. The van der Waals surface area contributed by atoms with E-state index < -0.39 is 0 Å². The van der Waals surface area contributed by atoms with Gasteiger partial charge in [-0.25, -0.2) is 15.0 Å². The molecule has 172 valence electrons. The lowest BCUT2D eigenvalue weighted by molar-refractivity contribution is -0.143. The molecule has 0 bridgehead atoms. The molecular weight excluding hydrogens is 404 g/mol. The molecule has 0 unspecified atom stereocenters. The van der Waals surface area contributed by atoms with Gasteiger partial charge in [-0.05, 0) is 69.6 Å². The van der Waals surface area contributed by atoms with Gasteiger partial charge in [0.05, 0.1) is 13.0 Å². The van der Waals surface area contributed by atoms with E-state index in [9.17, 15) is 9.59 Å². The number of nitrogens with one attached hydrogen (secondary N) is 1. The summed E-state index contributed by atoms with van der Waals surface area (Å²) in [7, 11) is 0. The summed E-state index contributed by atoms with van der Waals surface area (Å²) in [6.07, 6.45) is 10.4. The Kier molecular flexibility index (Phi) is 9.13. The lowest BCUT2D eigenvalue weighted by atomic mass is 9.91. The number of hydrogen-bond donors (Lipinski definition) is 1. The standard InChI is InChI=1S/C25H34N4O3/c1-3-32-24(31)15-20(21-16-27-18(2)28-17-21)14-23(30)10-5-4-9-22-12-11-19-8-6-7-13-26-25(19)29-22/h11-12,16-17,20H,3-10,13-15H2,1-2H3,(H,26,29)/t20-/m0/s1. The van der Waals surface area contributed by atoms with Gasteiger partial charge in [-0.1, -0.05) is 6.07 Å². The molecule has 0 spiro atoms. The van der Waals surface area contributed by atoms with Gasteiger partial charge in [0.1, 0.15) is 17.4 Å². The van der Waals surface area contributed by atoms with E-state index in [0.29, 0.717) is 25.3 Å². The molecule has 0 aliphatic carbocycles. The lowest BCUT2D eigenvalue weighted by Gasteiger charge is -2.15. The van der Waals surface area contributed by atoms with E-state index in [1.165, 1.54) is 18.4 Å². The van der Waals surface area contributed by atoms with E-state index in [-0.39, 0.29) is 24.1 Å². The Morgan fingerprint density at radius 2 is 1.94 bits per heavy atom. The number of carbonyl (C=O) groups excluding carboxylic acids is 2. The van der Waals surface area contributed by atoms with Crippen molar-refractivity contribution in [2.75, 3.05) is 18.5 Å². The van der Waals surface area contributed by atoms with Crippen molar-refractivity contribution < 1.29 is 14.3 Å². The number of aromatic nitrogens is 3. The van der Waals surface area contributed by atoms with E-state index in [4.69, 9.17) is 9.72 Å². The zero-order valence-electron chi connectivity index (χ0n) is 19.2. The highest BCUT2D eigenvalue weighted by atomic mass is 16.5. The van der Waals surface area contributed by atoms with Crippen LogP contribution in [0.4, 0.5) is 5.82 Å². The van der Waals surface area contributed by atoms with Gasteiger partial charge in [-0.2, -0.15) is 0 Å². The maximum atomic E-state index is 12.7. The smallest absolute Gasteiger partial charge is 0.306 e. The van der Waals surface area contributed by atoms with E-state index >= 15 is 0 Å². The highest BCUT2D eigenvalue weighted by Gasteiger charge is 2.21. The quantitative estimate of drug-likeness (QED) is 0.412. The molecule has 0 saturated heterocycles. The molecule has 0 aromatic carbocycles. The van der Waals surface area contributed by atoms with E-state index in [2.05, 4.69) is 27.4 Å². The van der Waals surface area contributed by atoms with Crippen molar-refractivity contribution in [3.05, 3.63) is 47.2 Å². The molecule has 0 radical (unpaired) electrons. The summed E-state index contributed by atoms with van der Waals surface area (Å²) in [5.74, 6) is 1.29. The molecule has 0 fully saturated rings. The van der Waals surface area contributed by atoms with Crippen LogP contribution in [0, 0.1) is 6.92 Å². The van der Waals surface area contributed by atoms with Crippen molar-refractivity contribution in [1.29, 1.82) is 0 Å². The number of fused-ring (bicyclic) bond motifs is 1. The third-order valence-electron chi connectivity index (χ3n) is 5.81. The molecule has 3 heterocycles. The number of Topliss-reactive ketones (excluding diaryl/α,β-unsaturated/α-hetero) is 1. The largest absolute Gasteiger partial charge is 0.466 e. The Hall–Kier alpha value is -2.83. The third kappa shape index (κ3) is 7.39. The molecule has 1 aliphatic heterocycles. The average Bonchev–Trinajstić information content (AvgIpc) is 3.02. The molecule has 7 heteroatoms. The summed E-state index contributed by atoms with van der Waals surface area (Å²) in [6, 6.07) is 4.30. The number of unbranched alkanes of at least 4 members (excludes halogenated alkanes) is 1. The normalized spacial score (nSPS) is 14.1. The second kappa shape index (κ2) is 12.3. The topological polar surface area (TPSA) is 94.1 Å². The predicted molar refractivity (Wildman–Crippen MR) is 124 cm³/mol. The maximum Gasteiger partial charge on any atom is 0.306 e. The molecule has 1 N–H and O–H groups in total. The van der Waals surface area contributed by atoms with Crippen LogP contribution in [0.25, 0.3) is 0 Å². The summed E-state index contributed by atoms with van der Waals surface area (Å²) in [5.41, 5.74) is 3.18. The van der Waals surface area contributed by atoms with Crippen LogP contribution < -0.4 is 5.32 Å². The van der Waals surface area contributed by atoms with Crippen LogP contribution in [-0.4, -0.2) is 39.9 Å². The second-order valence-electron chi connectivity index (χ2n) is 8.41. The minimum absolute atomic E-state index is 0.149. The zero-order chi connectivity index (χ0) is 22.8. The molecule has 3 rings (SSSR count). The molecular formula is C25H34N4O3. The van der Waals surface area contributed by atoms with Gasteiger partial charge >= 0.3 is 5.97 Å². The number of nitrogens with zero attached hydrogens (tertiary/aromatic N) is 3. The van der Waals surface area contributed by atoms with Crippen LogP contribution in [-0.2, 0) is 27.2 Å². The number of ether oxygens (including phenoxy) is 1. The van der Waals surface area contributed by atoms with Crippen molar-refractivity contribution in [2.45, 2.75) is 77.6 Å². The molecule has 2 aromatic rings. The number of rotatable bonds is 11. The number of esters is 1. The van der Waals surface area contributed by atoms with Gasteiger partial charge in [-0.3, -0.25) is 9.59 Å². The van der Waals surface area contributed by atoms with Gasteiger partial charge in [0.25, 0.3) is 0 Å². The van der Waals surface area contributed by atoms with Crippen molar-refractivity contribution >= 4 is 17.6 Å². The minimum atomic E-state index is -0.297. The lowest BCUT2D eigenvalue weighted by Crippen LogP contribution is -2.15. The molecule has 2 aromatic heterocycles. The molecule has 0 amide bonds. The van der Waals surface area contributed by atoms with E-state index in [1.807, 2.05) is 6.92 Å². The summed E-state index contributed by atoms with van der Waals surface area (Å²) >= 11 is 0. The molecule has 0 saturated carbocycles. The van der Waals surface area contributed by atoms with Gasteiger partial charge in [0.2, 0.25) is 0 Å². The molecule has 7 nitrogen and oxygen atoms in total. The Balaban J connectivity index is 1.48. The summed E-state index contributed by atoms with van der Waals surface area (Å²) in [5, 5.41) is 3.43. The Morgan fingerprint density at radius 1 is 1.12 bits per heavy atom. The van der Waals surface area contributed by atoms with Crippen LogP contribution in [0.2, 0.25) is 0 Å². The Bertz CT molecular complexity index is 899. The van der Waals surface area contributed by atoms with Crippen LogP contribution in [0.3, 0.4) is 0 Å². The average molecular weight is 439 g/mol. The number of hydrogen-bond acceptors (Lipinski definition) is 7. The van der Waals surface area contributed by atoms with E-state index in [1.54, 1.807) is 19.3 Å². The molecule has 1 atom stereocenters. The monoisotopic (exact) mass is 438 g/mol. The van der Waals surface area contributed by atoms with Gasteiger partial charge in [0.15, 0.2) is 0 Å². The zero-order valence-corrected chi connectivity index (χ0v) is 19.2. The fourth-order valence-corrected chi connectivity index (χ4v) is 4.02. The first-order chi connectivity index (χ1) is 15.5. The van der Waals surface area contributed by atoms with E-state index in [0.717, 1.165) is 49.3 Å². The maximum absolute atomic E-state index is 12.7. The number of carbonyl (C=O) groups is 2. The van der Waals surface area contributed by atoms with Crippen molar-refractivity contribution in [3.63, 3.8) is 0 Å². The molecule has 32 heavy (non-hydrogen) atoms. The number of ketones is 1. The molecule has 1 aliphatic rings. The van der Waals surface area contributed by atoms with Gasteiger partial charge in [-0.15, -0.1) is 0 Å². The van der Waals surface area contributed by atoms with Crippen LogP contribution in [0.15, 0.2) is 24.5 Å². The Morgan fingerprint density at radius 3 is 2.72 bits per heavy atom. The number of anilines is 1. The van der Waals surface area contributed by atoms with Crippen molar-refractivity contribution in [3.8, 4) is 0 Å². The SMILES string of the molecule is CCOC(=O)C[C@H](CC(=O)CCCCc1ccc2c(n1)NCCCC2)c1cnc(C)nc1. The van der Waals surface area contributed by atoms with Crippen molar-refractivity contribution in [2.24, 2.45) is 0 Å². The first-order valence-corrected chi connectivity index (χ1v) is 11.7. The first-order valence-electron chi connectivity index (χ1n) is 11.7. The number of aryl methyl sites for hydroxylation is 3. The second-order valence-corrected chi connectivity index (χ2v) is 8.41. The summed E-state index contributed by atoms with van der Waals surface area (Å²) in [4.78, 5) is 37.9. The summed E-state index contributed by atoms with van der Waals surface area (Å²) in [6.45, 7) is 4.90. The van der Waals surface area contributed by atoms with Crippen LogP contribution in [0.1, 0.15) is 80.4 Å². The third-order valence-corrected chi connectivity index (χ3v) is 5.81. The minimum Gasteiger partial charge on any atom is -0.466 e. The fraction of sp³-hybridized carbons (Fsp3) is 0.560. The van der Waals surface area contributed by atoms with Crippen LogP contribution >= 0.6 is 0 Å². The fourth-order valence-electron chi connectivity index (χ4n) is 4.02. The van der Waals surface area contributed by atoms with Gasteiger partial charge in [0, 0.05) is 43.4 Å². The van der Waals surface area contributed by atoms with Crippen molar-refractivity contribution in [1.82, 2.24) is 15.0 Å². The van der Waals surface area contributed by atoms with Gasteiger partial charge < -0.3 is 10.1 Å². The first kappa shape index (κ1) is 23.8. The van der Waals surface area contributed by atoms with Crippen LogP contribution in [0.5, 0.6) is 0 Å². The highest BCUT2D eigenvalue weighted by molar-refractivity contribution is 5.80. The number of pyridine rings is 1. The Labute approximate surface area is 190 Å². The predicted octanol–water partition coefficient (Wildman–Crippen LogP) is 4.34.